The van der Waals surface area contributed by atoms with Crippen LogP contribution in [0.5, 0.6) is 0 Å². The van der Waals surface area contributed by atoms with Crippen molar-refractivity contribution in [1.29, 1.82) is 0 Å². The fraction of sp³-hybridized carbons (Fsp3) is 0.625. The van der Waals surface area contributed by atoms with Crippen molar-refractivity contribution in [3.8, 4) is 0 Å². The van der Waals surface area contributed by atoms with Gasteiger partial charge in [0, 0.05) is 19.6 Å². The first kappa shape index (κ1) is 10.1. The zero-order valence-corrected chi connectivity index (χ0v) is 8.17. The number of β-amino-alcohol motifs (C(OH)–C–C–N with tert-alkyl or cyclic N) is 1. The van der Waals surface area contributed by atoms with Gasteiger partial charge in [-0.2, -0.15) is 4.68 Å². The molecule has 0 aliphatic carbocycles. The fourth-order valence-corrected chi connectivity index (χ4v) is 1.73. The third-order valence-electron chi connectivity index (χ3n) is 2.47. The van der Waals surface area contributed by atoms with Crippen LogP contribution in [0.1, 0.15) is 5.69 Å². The minimum Gasteiger partial charge on any atom is -0.395 e. The van der Waals surface area contributed by atoms with E-state index in [2.05, 4.69) is 5.10 Å². The molecular weight excluding hydrogens is 200 g/mol. The maximum absolute atomic E-state index is 10.5. The molecule has 1 aliphatic rings. The van der Waals surface area contributed by atoms with Gasteiger partial charge >= 0.3 is 5.82 Å². The van der Waals surface area contributed by atoms with Gasteiger partial charge < -0.3 is 15.2 Å². The van der Waals surface area contributed by atoms with Crippen LogP contribution in [0.3, 0.4) is 0 Å². The number of rotatable bonds is 3. The molecule has 0 unspecified atom stereocenters. The van der Waals surface area contributed by atoms with E-state index in [4.69, 9.17) is 5.11 Å². The van der Waals surface area contributed by atoms with Gasteiger partial charge in [0.2, 0.25) is 0 Å². The van der Waals surface area contributed by atoms with Gasteiger partial charge in [-0.3, -0.25) is 4.90 Å². The maximum atomic E-state index is 10.5. The van der Waals surface area contributed by atoms with Crippen LogP contribution in [0, 0.1) is 10.1 Å². The van der Waals surface area contributed by atoms with Crippen molar-refractivity contribution in [3.05, 3.63) is 21.9 Å². The van der Waals surface area contributed by atoms with Crippen LogP contribution in [0.4, 0.5) is 5.82 Å². The highest BCUT2D eigenvalue weighted by Gasteiger charge is 2.23. The molecule has 0 bridgehead atoms. The lowest BCUT2D eigenvalue weighted by molar-refractivity contribution is -0.389. The number of fused-ring (bicyclic) bond motifs is 1. The lowest BCUT2D eigenvalue weighted by atomic mass is 10.3. The Bertz CT molecular complexity index is 376. The molecule has 15 heavy (non-hydrogen) atoms. The molecule has 7 heteroatoms. The summed E-state index contributed by atoms with van der Waals surface area (Å²) >= 11 is 0. The van der Waals surface area contributed by atoms with Gasteiger partial charge in [0.1, 0.15) is 0 Å². The molecule has 2 rings (SSSR count). The molecule has 0 saturated carbocycles. The standard InChI is InChI=1S/C8H12N4O3/c13-4-3-10-1-2-11-7(6-10)5-8(9-11)12(14)15/h5,13H,1-4,6H2. The second kappa shape index (κ2) is 3.95. The number of hydrogen-bond donors (Lipinski definition) is 1. The SMILES string of the molecule is O=[N+]([O-])c1cc2n(n1)CCN(CCO)C2. The normalized spacial score (nSPS) is 16.3. The molecule has 1 aromatic rings. The number of nitro groups is 1. The van der Waals surface area contributed by atoms with Crippen LogP contribution in [0.25, 0.3) is 0 Å². The summed E-state index contributed by atoms with van der Waals surface area (Å²) in [5, 5.41) is 23.2. The van der Waals surface area contributed by atoms with Crippen molar-refractivity contribution in [1.82, 2.24) is 14.7 Å². The Hall–Kier alpha value is -1.47. The molecule has 0 radical (unpaired) electrons. The van der Waals surface area contributed by atoms with Gasteiger partial charge in [-0.05, 0) is 4.92 Å². The van der Waals surface area contributed by atoms with E-state index in [0.717, 1.165) is 12.2 Å². The Balaban J connectivity index is 2.15. The molecule has 0 aromatic carbocycles. The molecule has 0 amide bonds. The second-order valence-electron chi connectivity index (χ2n) is 3.47. The first-order valence-electron chi connectivity index (χ1n) is 4.75. The third kappa shape index (κ3) is 1.97. The summed E-state index contributed by atoms with van der Waals surface area (Å²) in [4.78, 5) is 12.1. The molecule has 1 aliphatic heterocycles. The van der Waals surface area contributed by atoms with Crippen molar-refractivity contribution in [2.75, 3.05) is 19.7 Å². The summed E-state index contributed by atoms with van der Waals surface area (Å²) < 4.78 is 1.66. The summed E-state index contributed by atoms with van der Waals surface area (Å²) in [7, 11) is 0. The highest BCUT2D eigenvalue weighted by atomic mass is 16.6. The van der Waals surface area contributed by atoms with Gasteiger partial charge in [-0.1, -0.05) is 0 Å². The Morgan fingerprint density at radius 1 is 1.60 bits per heavy atom. The van der Waals surface area contributed by atoms with E-state index in [0.29, 0.717) is 19.6 Å². The number of aliphatic hydroxyl groups excluding tert-OH is 1. The van der Waals surface area contributed by atoms with E-state index in [-0.39, 0.29) is 12.4 Å². The Morgan fingerprint density at radius 3 is 3.07 bits per heavy atom. The van der Waals surface area contributed by atoms with Crippen LogP contribution in [-0.4, -0.2) is 44.4 Å². The van der Waals surface area contributed by atoms with Gasteiger partial charge in [0.05, 0.1) is 30.0 Å². The summed E-state index contributed by atoms with van der Waals surface area (Å²) in [6.45, 7) is 2.73. The Kier molecular flexibility index (Phi) is 2.65. The van der Waals surface area contributed by atoms with E-state index in [1.807, 2.05) is 4.90 Å². The largest absolute Gasteiger partial charge is 0.395 e. The number of aromatic nitrogens is 2. The fourth-order valence-electron chi connectivity index (χ4n) is 1.73. The monoisotopic (exact) mass is 212 g/mol. The minimum absolute atomic E-state index is 0.101. The van der Waals surface area contributed by atoms with Gasteiger partial charge in [0.15, 0.2) is 0 Å². The first-order chi connectivity index (χ1) is 7.20. The van der Waals surface area contributed by atoms with Crippen molar-refractivity contribution >= 4 is 5.82 Å². The Labute approximate surface area is 86.1 Å². The van der Waals surface area contributed by atoms with Crippen LogP contribution in [0.2, 0.25) is 0 Å². The van der Waals surface area contributed by atoms with Gasteiger partial charge in [-0.25, -0.2) is 0 Å². The van der Waals surface area contributed by atoms with Gasteiger partial charge in [0.25, 0.3) is 0 Å². The molecule has 82 valence electrons. The highest BCUT2D eigenvalue weighted by molar-refractivity contribution is 5.22. The van der Waals surface area contributed by atoms with Crippen LogP contribution >= 0.6 is 0 Å². The first-order valence-corrected chi connectivity index (χ1v) is 4.75. The smallest absolute Gasteiger partial charge is 0.390 e. The average Bonchev–Trinajstić information content (AvgIpc) is 2.61. The molecule has 0 fully saturated rings. The molecular formula is C8H12N4O3. The quantitative estimate of drug-likeness (QED) is 0.544. The predicted molar refractivity (Wildman–Crippen MR) is 51.2 cm³/mol. The van der Waals surface area contributed by atoms with Crippen molar-refractivity contribution in [2.45, 2.75) is 13.1 Å². The average molecular weight is 212 g/mol. The van der Waals surface area contributed by atoms with Crippen molar-refractivity contribution in [3.63, 3.8) is 0 Å². The van der Waals surface area contributed by atoms with E-state index in [1.165, 1.54) is 6.07 Å². The highest BCUT2D eigenvalue weighted by Crippen LogP contribution is 2.17. The maximum Gasteiger partial charge on any atom is 0.390 e. The molecule has 0 atom stereocenters. The van der Waals surface area contributed by atoms with E-state index >= 15 is 0 Å². The zero-order chi connectivity index (χ0) is 10.8. The summed E-state index contributed by atoms with van der Waals surface area (Å²) in [6.07, 6.45) is 0. The second-order valence-corrected chi connectivity index (χ2v) is 3.47. The molecule has 0 spiro atoms. The summed E-state index contributed by atoms with van der Waals surface area (Å²) in [6, 6.07) is 1.49. The van der Waals surface area contributed by atoms with Crippen LogP contribution < -0.4 is 0 Å². The summed E-state index contributed by atoms with van der Waals surface area (Å²) in [5.74, 6) is -0.101. The van der Waals surface area contributed by atoms with Crippen molar-refractivity contribution < 1.29 is 10.0 Å². The van der Waals surface area contributed by atoms with E-state index in [1.54, 1.807) is 4.68 Å². The zero-order valence-electron chi connectivity index (χ0n) is 8.17. The molecule has 2 heterocycles. The molecule has 0 saturated heterocycles. The lowest BCUT2D eigenvalue weighted by Gasteiger charge is -2.24. The Morgan fingerprint density at radius 2 is 2.40 bits per heavy atom. The lowest BCUT2D eigenvalue weighted by Crippen LogP contribution is -2.35. The number of hydrogen-bond acceptors (Lipinski definition) is 5. The summed E-state index contributed by atoms with van der Waals surface area (Å²) in [5.41, 5.74) is 0.835. The predicted octanol–water partition coefficient (Wildman–Crippen LogP) is -0.401. The third-order valence-corrected chi connectivity index (χ3v) is 2.47. The van der Waals surface area contributed by atoms with Crippen molar-refractivity contribution in [2.24, 2.45) is 0 Å². The number of aliphatic hydroxyl groups is 1. The topological polar surface area (TPSA) is 84.4 Å². The van der Waals surface area contributed by atoms with Crippen LogP contribution in [0.15, 0.2) is 6.07 Å². The molecule has 7 nitrogen and oxygen atoms in total. The number of nitrogens with zero attached hydrogens (tertiary/aromatic N) is 4. The molecule has 1 aromatic heterocycles. The van der Waals surface area contributed by atoms with Crippen LogP contribution in [-0.2, 0) is 13.1 Å². The van der Waals surface area contributed by atoms with E-state index < -0.39 is 4.92 Å². The van der Waals surface area contributed by atoms with Gasteiger partial charge in [-0.15, -0.1) is 0 Å². The molecule has 1 N–H and O–H groups in total. The van der Waals surface area contributed by atoms with E-state index in [9.17, 15) is 10.1 Å². The minimum atomic E-state index is -0.484.